The lowest BCUT2D eigenvalue weighted by Crippen LogP contribution is -2.33. The molecule has 2 aromatic carbocycles. The fourth-order valence-electron chi connectivity index (χ4n) is 2.35. The van der Waals surface area contributed by atoms with Gasteiger partial charge in [0, 0.05) is 17.1 Å². The van der Waals surface area contributed by atoms with Crippen molar-refractivity contribution in [3.05, 3.63) is 69.9 Å². The Morgan fingerprint density at radius 1 is 1.19 bits per heavy atom. The van der Waals surface area contributed by atoms with Gasteiger partial charge in [-0.15, -0.1) is 0 Å². The number of carbonyl (C=O) groups excluding carboxylic acids is 1. The van der Waals surface area contributed by atoms with Crippen LogP contribution in [-0.4, -0.2) is 16.8 Å². The van der Waals surface area contributed by atoms with Gasteiger partial charge in [0.25, 0.3) is 5.91 Å². The highest BCUT2D eigenvalue weighted by atomic mass is 79.9. The molecule has 1 amide bonds. The summed E-state index contributed by atoms with van der Waals surface area (Å²) in [5.74, 6) is -0.706. The molecular weight excluding hydrogens is 333 g/mol. The second kappa shape index (κ2) is 5.98. The van der Waals surface area contributed by atoms with Crippen molar-refractivity contribution in [3.63, 3.8) is 0 Å². The third-order valence-corrected chi connectivity index (χ3v) is 4.10. The van der Waals surface area contributed by atoms with Crippen molar-refractivity contribution in [1.82, 2.24) is 4.90 Å². The van der Waals surface area contributed by atoms with Gasteiger partial charge in [-0.25, -0.2) is 4.39 Å². The smallest absolute Gasteiger partial charge is 0.257 e. The molecule has 0 N–H and O–H groups in total. The minimum atomic E-state index is -0.470. The van der Waals surface area contributed by atoms with Crippen molar-refractivity contribution in [2.24, 2.45) is 0 Å². The Kier molecular flexibility index (Phi) is 4.06. The minimum Gasteiger partial charge on any atom is -0.331 e. The molecular formula is C17H15BrFNO. The Balaban J connectivity index is 1.87. The highest BCUT2D eigenvalue weighted by Crippen LogP contribution is 2.30. The summed E-state index contributed by atoms with van der Waals surface area (Å²) >= 11 is 3.30. The molecule has 4 heteroatoms. The number of hydrogen-bond acceptors (Lipinski definition) is 1. The summed E-state index contributed by atoms with van der Waals surface area (Å²) in [5.41, 5.74) is 1.19. The predicted molar refractivity (Wildman–Crippen MR) is 83.4 cm³/mol. The zero-order valence-electron chi connectivity index (χ0n) is 11.4. The number of nitrogens with zero attached hydrogens (tertiary/aromatic N) is 1. The zero-order chi connectivity index (χ0) is 14.8. The van der Waals surface area contributed by atoms with Crippen LogP contribution in [0.2, 0.25) is 0 Å². The molecule has 0 aliphatic heterocycles. The lowest BCUT2D eigenvalue weighted by Gasteiger charge is -2.23. The van der Waals surface area contributed by atoms with Crippen LogP contribution in [0.5, 0.6) is 0 Å². The van der Waals surface area contributed by atoms with Gasteiger partial charge in [0.15, 0.2) is 0 Å². The van der Waals surface area contributed by atoms with E-state index >= 15 is 0 Å². The maximum atomic E-state index is 13.9. The predicted octanol–water partition coefficient (Wildman–Crippen LogP) is 4.39. The molecule has 0 radical (unpaired) electrons. The van der Waals surface area contributed by atoms with Gasteiger partial charge in [0.05, 0.1) is 5.56 Å². The van der Waals surface area contributed by atoms with Crippen LogP contribution in [-0.2, 0) is 6.54 Å². The van der Waals surface area contributed by atoms with Gasteiger partial charge in [0.2, 0.25) is 0 Å². The molecule has 1 aliphatic carbocycles. The van der Waals surface area contributed by atoms with Crippen molar-refractivity contribution in [2.75, 3.05) is 0 Å². The molecule has 21 heavy (non-hydrogen) atoms. The first-order chi connectivity index (χ1) is 10.1. The van der Waals surface area contributed by atoms with Gasteiger partial charge in [-0.2, -0.15) is 0 Å². The van der Waals surface area contributed by atoms with Crippen molar-refractivity contribution < 1.29 is 9.18 Å². The number of amides is 1. The summed E-state index contributed by atoms with van der Waals surface area (Å²) in [4.78, 5) is 14.4. The maximum absolute atomic E-state index is 13.9. The zero-order valence-corrected chi connectivity index (χ0v) is 13.0. The van der Waals surface area contributed by atoms with E-state index in [0.29, 0.717) is 11.0 Å². The molecule has 0 heterocycles. The first-order valence-electron chi connectivity index (χ1n) is 6.95. The molecule has 2 nitrogen and oxygen atoms in total. The largest absolute Gasteiger partial charge is 0.331 e. The third-order valence-electron chi connectivity index (χ3n) is 3.60. The maximum Gasteiger partial charge on any atom is 0.257 e. The Morgan fingerprint density at radius 2 is 1.90 bits per heavy atom. The summed E-state index contributed by atoms with van der Waals surface area (Å²) in [5, 5.41) is 0. The fraction of sp³-hybridized carbons (Fsp3) is 0.235. The van der Waals surface area contributed by atoms with Crippen molar-refractivity contribution in [1.29, 1.82) is 0 Å². The van der Waals surface area contributed by atoms with Gasteiger partial charge in [-0.05, 0) is 36.6 Å². The van der Waals surface area contributed by atoms with E-state index in [1.807, 2.05) is 30.3 Å². The molecule has 1 fully saturated rings. The Hall–Kier alpha value is -1.68. The molecule has 1 aliphatic rings. The highest BCUT2D eigenvalue weighted by molar-refractivity contribution is 9.10. The van der Waals surface area contributed by atoms with Crippen molar-refractivity contribution in [2.45, 2.75) is 25.4 Å². The number of carbonyl (C=O) groups is 1. The first kappa shape index (κ1) is 14.3. The van der Waals surface area contributed by atoms with Crippen molar-refractivity contribution in [3.8, 4) is 0 Å². The Labute approximate surface area is 131 Å². The van der Waals surface area contributed by atoms with Crippen molar-refractivity contribution >= 4 is 21.8 Å². The fourth-order valence-corrected chi connectivity index (χ4v) is 2.71. The number of rotatable bonds is 4. The lowest BCUT2D eigenvalue weighted by molar-refractivity contribution is 0.0725. The molecule has 0 atom stereocenters. The molecule has 1 saturated carbocycles. The van der Waals surface area contributed by atoms with Crippen LogP contribution in [0.3, 0.4) is 0 Å². The van der Waals surface area contributed by atoms with Crippen LogP contribution in [0.25, 0.3) is 0 Å². The molecule has 2 aromatic rings. The van der Waals surface area contributed by atoms with Crippen LogP contribution in [0, 0.1) is 5.82 Å². The Morgan fingerprint density at radius 3 is 2.57 bits per heavy atom. The quantitative estimate of drug-likeness (QED) is 0.802. The highest BCUT2D eigenvalue weighted by Gasteiger charge is 2.34. The van der Waals surface area contributed by atoms with Gasteiger partial charge in [0.1, 0.15) is 5.82 Å². The van der Waals surface area contributed by atoms with E-state index in [0.717, 1.165) is 18.4 Å². The van der Waals surface area contributed by atoms with E-state index < -0.39 is 5.82 Å². The topological polar surface area (TPSA) is 20.3 Å². The monoisotopic (exact) mass is 347 g/mol. The first-order valence-corrected chi connectivity index (χ1v) is 7.74. The summed E-state index contributed by atoms with van der Waals surface area (Å²) in [7, 11) is 0. The van der Waals surface area contributed by atoms with Gasteiger partial charge >= 0.3 is 0 Å². The normalized spacial score (nSPS) is 14.0. The number of benzene rings is 2. The summed E-state index contributed by atoms with van der Waals surface area (Å²) in [6.07, 6.45) is 1.99. The molecule has 0 saturated heterocycles. The van der Waals surface area contributed by atoms with E-state index in [4.69, 9.17) is 0 Å². The molecule has 0 spiro atoms. The summed E-state index contributed by atoms with van der Waals surface area (Å²) in [6, 6.07) is 14.5. The number of halogens is 2. The molecule has 0 unspecified atom stereocenters. The SMILES string of the molecule is O=C(c1cc(Br)ccc1F)N(Cc1ccccc1)C1CC1. The van der Waals surface area contributed by atoms with Gasteiger partial charge < -0.3 is 4.90 Å². The minimum absolute atomic E-state index is 0.132. The molecule has 0 bridgehead atoms. The van der Waals surface area contributed by atoms with E-state index in [2.05, 4.69) is 15.9 Å². The summed E-state index contributed by atoms with van der Waals surface area (Å²) < 4.78 is 14.6. The van der Waals surface area contributed by atoms with Crippen LogP contribution in [0.1, 0.15) is 28.8 Å². The lowest BCUT2D eigenvalue weighted by atomic mass is 10.1. The summed E-state index contributed by atoms with van der Waals surface area (Å²) in [6.45, 7) is 0.524. The molecule has 0 aromatic heterocycles. The second-order valence-electron chi connectivity index (χ2n) is 5.27. The van der Waals surface area contributed by atoms with E-state index in [9.17, 15) is 9.18 Å². The van der Waals surface area contributed by atoms with E-state index in [1.54, 1.807) is 17.0 Å². The van der Waals surface area contributed by atoms with Crippen LogP contribution < -0.4 is 0 Å². The average molecular weight is 348 g/mol. The van der Waals surface area contributed by atoms with Gasteiger partial charge in [-0.3, -0.25) is 4.79 Å². The average Bonchev–Trinajstić information content (AvgIpc) is 3.32. The van der Waals surface area contributed by atoms with Crippen LogP contribution >= 0.6 is 15.9 Å². The Bertz CT molecular complexity index is 655. The standard InChI is InChI=1S/C17H15BrFNO/c18-13-6-9-16(19)15(10-13)17(21)20(14-7-8-14)11-12-4-2-1-3-5-12/h1-6,9-10,14H,7-8,11H2. The van der Waals surface area contributed by atoms with Gasteiger partial charge in [-0.1, -0.05) is 46.3 Å². The second-order valence-corrected chi connectivity index (χ2v) is 6.19. The van der Waals surface area contributed by atoms with E-state index in [1.165, 1.54) is 6.07 Å². The third kappa shape index (κ3) is 3.32. The van der Waals surface area contributed by atoms with Crippen LogP contribution in [0.4, 0.5) is 4.39 Å². The van der Waals surface area contributed by atoms with Crippen LogP contribution in [0.15, 0.2) is 53.0 Å². The van der Waals surface area contributed by atoms with E-state index in [-0.39, 0.29) is 17.5 Å². The number of hydrogen-bond donors (Lipinski definition) is 0. The molecule has 3 rings (SSSR count). The molecule has 108 valence electrons.